The van der Waals surface area contributed by atoms with Crippen LogP contribution in [0.1, 0.15) is 12.5 Å². The van der Waals surface area contributed by atoms with E-state index in [1.807, 2.05) is 0 Å². The molecule has 0 radical (unpaired) electrons. The molecule has 1 N–H and O–H groups in total. The number of aliphatic carboxylic acids is 1. The molecular weight excluding hydrogens is 233 g/mol. The van der Waals surface area contributed by atoms with Crippen molar-refractivity contribution in [3.63, 3.8) is 0 Å². The number of hydrogen-bond donors (Lipinski definition) is 1. The molecule has 1 aromatic carbocycles. The smallest absolute Gasteiger partial charge is 0.332 e. The van der Waals surface area contributed by atoms with Crippen LogP contribution < -0.4 is 0 Å². The van der Waals surface area contributed by atoms with Gasteiger partial charge in [0.05, 0.1) is 17.6 Å². The average molecular weight is 243 g/mol. The molecule has 0 bridgehead atoms. The Morgan fingerprint density at radius 2 is 2.24 bits per heavy atom. The number of rotatable bonds is 5. The number of carbonyl (C=O) groups is 1. The van der Waals surface area contributed by atoms with Gasteiger partial charge in [-0.3, -0.25) is 10.1 Å². The van der Waals surface area contributed by atoms with Crippen LogP contribution in [0.2, 0.25) is 0 Å². The summed E-state index contributed by atoms with van der Waals surface area (Å²) < 4.78 is 17.9. The second-order valence-corrected chi connectivity index (χ2v) is 3.37. The van der Waals surface area contributed by atoms with Gasteiger partial charge < -0.3 is 9.84 Å². The van der Waals surface area contributed by atoms with Crippen molar-refractivity contribution in [1.29, 1.82) is 0 Å². The van der Waals surface area contributed by atoms with Gasteiger partial charge in [0.15, 0.2) is 6.10 Å². The van der Waals surface area contributed by atoms with Gasteiger partial charge in [0.2, 0.25) is 0 Å². The minimum absolute atomic E-state index is 0.202. The second kappa shape index (κ2) is 5.35. The molecule has 1 atom stereocenters. The van der Waals surface area contributed by atoms with E-state index in [1.54, 1.807) is 0 Å². The summed E-state index contributed by atoms with van der Waals surface area (Å²) in [6.45, 7) is 1.11. The van der Waals surface area contributed by atoms with Crippen molar-refractivity contribution in [2.75, 3.05) is 0 Å². The van der Waals surface area contributed by atoms with Crippen molar-refractivity contribution < 1.29 is 24.0 Å². The highest BCUT2D eigenvalue weighted by Crippen LogP contribution is 2.17. The average Bonchev–Trinajstić information content (AvgIpc) is 2.24. The van der Waals surface area contributed by atoms with Crippen molar-refractivity contribution in [3.8, 4) is 0 Å². The topological polar surface area (TPSA) is 89.7 Å². The fourth-order valence-electron chi connectivity index (χ4n) is 1.11. The molecule has 0 fully saturated rings. The van der Waals surface area contributed by atoms with E-state index < -0.39 is 28.5 Å². The Morgan fingerprint density at radius 3 is 2.76 bits per heavy atom. The first-order chi connectivity index (χ1) is 7.90. The number of nitro benzene ring substituents is 1. The Morgan fingerprint density at radius 1 is 1.59 bits per heavy atom. The lowest BCUT2D eigenvalue weighted by Crippen LogP contribution is -2.19. The molecule has 0 aliphatic carbocycles. The second-order valence-electron chi connectivity index (χ2n) is 3.37. The number of ether oxygens (including phenoxy) is 1. The van der Waals surface area contributed by atoms with E-state index in [2.05, 4.69) is 0 Å². The minimum atomic E-state index is -1.16. The third-order valence-corrected chi connectivity index (χ3v) is 2.00. The van der Waals surface area contributed by atoms with Crippen molar-refractivity contribution in [2.24, 2.45) is 0 Å². The standard InChI is InChI=1S/C10H10FNO5/c1-6(10(13)14)17-5-7-2-8(11)4-9(3-7)12(15)16/h2-4,6H,5H2,1H3,(H,13,14)/t6-/m0/s1. The Balaban J connectivity index is 2.78. The molecule has 6 nitrogen and oxygen atoms in total. The molecule has 0 heterocycles. The minimum Gasteiger partial charge on any atom is -0.479 e. The molecule has 92 valence electrons. The largest absolute Gasteiger partial charge is 0.479 e. The molecule has 17 heavy (non-hydrogen) atoms. The van der Waals surface area contributed by atoms with E-state index in [1.165, 1.54) is 6.92 Å². The van der Waals surface area contributed by atoms with Gasteiger partial charge in [0.1, 0.15) is 5.82 Å². The van der Waals surface area contributed by atoms with Crippen LogP contribution in [0, 0.1) is 15.9 Å². The Kier molecular flexibility index (Phi) is 4.11. The molecule has 1 aromatic rings. The SMILES string of the molecule is C[C@H](OCc1cc(F)cc([N+](=O)[O-])c1)C(=O)O. The summed E-state index contributed by atoms with van der Waals surface area (Å²) in [5.74, 6) is -1.92. The summed E-state index contributed by atoms with van der Waals surface area (Å²) in [6, 6.07) is 2.98. The van der Waals surface area contributed by atoms with Crippen LogP contribution in [0.5, 0.6) is 0 Å². The summed E-state index contributed by atoms with van der Waals surface area (Å²) >= 11 is 0. The highest BCUT2D eigenvalue weighted by molar-refractivity contribution is 5.71. The van der Waals surface area contributed by atoms with Gasteiger partial charge in [-0.2, -0.15) is 0 Å². The van der Waals surface area contributed by atoms with Crippen molar-refractivity contribution >= 4 is 11.7 Å². The van der Waals surface area contributed by atoms with Gasteiger partial charge in [0.25, 0.3) is 5.69 Å². The lowest BCUT2D eigenvalue weighted by atomic mass is 10.2. The van der Waals surface area contributed by atoms with Gasteiger partial charge in [-0.1, -0.05) is 0 Å². The van der Waals surface area contributed by atoms with Gasteiger partial charge in [-0.25, -0.2) is 9.18 Å². The van der Waals surface area contributed by atoms with Crippen LogP contribution in [0.25, 0.3) is 0 Å². The van der Waals surface area contributed by atoms with Crippen LogP contribution in [0.4, 0.5) is 10.1 Å². The van der Waals surface area contributed by atoms with Crippen LogP contribution in [0.3, 0.4) is 0 Å². The third-order valence-electron chi connectivity index (χ3n) is 2.00. The van der Waals surface area contributed by atoms with Crippen LogP contribution in [0.15, 0.2) is 18.2 Å². The normalized spacial score (nSPS) is 12.1. The van der Waals surface area contributed by atoms with E-state index in [-0.39, 0.29) is 12.2 Å². The molecule has 0 saturated heterocycles. The van der Waals surface area contributed by atoms with Crippen molar-refractivity contribution in [2.45, 2.75) is 19.6 Å². The summed E-state index contributed by atoms with van der Waals surface area (Å²) in [7, 11) is 0. The molecular formula is C10H10FNO5. The maximum Gasteiger partial charge on any atom is 0.332 e. The first-order valence-electron chi connectivity index (χ1n) is 4.68. The fourth-order valence-corrected chi connectivity index (χ4v) is 1.11. The highest BCUT2D eigenvalue weighted by Gasteiger charge is 2.13. The monoisotopic (exact) mass is 243 g/mol. The van der Waals surface area contributed by atoms with Gasteiger partial charge in [-0.05, 0) is 18.6 Å². The van der Waals surface area contributed by atoms with Crippen LogP contribution in [-0.4, -0.2) is 22.1 Å². The number of carboxylic acid groups (broad SMARTS) is 1. The third kappa shape index (κ3) is 3.80. The predicted octanol–water partition coefficient (Wildman–Crippen LogP) is 1.72. The van der Waals surface area contributed by atoms with Crippen LogP contribution in [-0.2, 0) is 16.1 Å². The quantitative estimate of drug-likeness (QED) is 0.628. The van der Waals surface area contributed by atoms with Gasteiger partial charge >= 0.3 is 5.97 Å². The Labute approximate surface area is 95.8 Å². The lowest BCUT2D eigenvalue weighted by molar-refractivity contribution is -0.385. The van der Waals surface area contributed by atoms with Gasteiger partial charge in [-0.15, -0.1) is 0 Å². The van der Waals surface area contributed by atoms with Crippen LogP contribution >= 0.6 is 0 Å². The maximum atomic E-state index is 13.0. The number of halogens is 1. The predicted molar refractivity (Wildman–Crippen MR) is 54.9 cm³/mol. The summed E-state index contributed by atoms with van der Waals surface area (Å²) in [4.78, 5) is 20.2. The molecule has 0 saturated carbocycles. The first kappa shape index (κ1) is 13.0. The number of hydrogen-bond acceptors (Lipinski definition) is 4. The maximum absolute atomic E-state index is 13.0. The zero-order valence-electron chi connectivity index (χ0n) is 8.92. The number of nitro groups is 1. The molecule has 0 amide bonds. The van der Waals surface area contributed by atoms with Gasteiger partial charge in [0, 0.05) is 6.07 Å². The Bertz CT molecular complexity index is 448. The zero-order valence-corrected chi connectivity index (χ0v) is 8.92. The van der Waals surface area contributed by atoms with E-state index in [9.17, 15) is 19.3 Å². The number of benzene rings is 1. The summed E-state index contributed by atoms with van der Waals surface area (Å²) in [5.41, 5.74) is -0.184. The number of carboxylic acids is 1. The molecule has 0 aliphatic rings. The molecule has 0 spiro atoms. The van der Waals surface area contributed by atoms with E-state index in [0.29, 0.717) is 0 Å². The molecule has 1 rings (SSSR count). The highest BCUT2D eigenvalue weighted by atomic mass is 19.1. The lowest BCUT2D eigenvalue weighted by Gasteiger charge is -2.08. The summed E-state index contributed by atoms with van der Waals surface area (Å²) in [6.07, 6.45) is -1.06. The molecule has 0 aromatic heterocycles. The van der Waals surface area contributed by atoms with E-state index in [4.69, 9.17) is 9.84 Å². The van der Waals surface area contributed by atoms with Crippen molar-refractivity contribution in [3.05, 3.63) is 39.7 Å². The fraction of sp³-hybridized carbons (Fsp3) is 0.300. The molecule has 0 unspecified atom stereocenters. The first-order valence-corrected chi connectivity index (χ1v) is 4.68. The Hall–Kier alpha value is -2.02. The number of non-ortho nitro benzene ring substituents is 1. The number of nitrogens with zero attached hydrogens (tertiary/aromatic N) is 1. The molecule has 0 aliphatic heterocycles. The zero-order chi connectivity index (χ0) is 13.0. The van der Waals surface area contributed by atoms with E-state index in [0.717, 1.165) is 18.2 Å². The molecule has 7 heteroatoms. The van der Waals surface area contributed by atoms with E-state index >= 15 is 0 Å². The summed E-state index contributed by atoms with van der Waals surface area (Å²) in [5, 5.41) is 19.0. The van der Waals surface area contributed by atoms with Crippen molar-refractivity contribution in [1.82, 2.24) is 0 Å².